The van der Waals surface area contributed by atoms with Crippen LogP contribution in [0.2, 0.25) is 0 Å². The maximum absolute atomic E-state index is 5.58. The normalized spacial score (nSPS) is 18.7. The summed E-state index contributed by atoms with van der Waals surface area (Å²) < 4.78 is 10.6. The maximum Gasteiger partial charge on any atom is 0.0593 e. The Bertz CT molecular complexity index is 171. The fourth-order valence-corrected chi connectivity index (χ4v) is 2.25. The van der Waals surface area contributed by atoms with Crippen LogP contribution in [0, 0.1) is 0 Å². The Morgan fingerprint density at radius 3 is 2.59 bits per heavy atom. The maximum atomic E-state index is 5.58. The number of likely N-dealkylation sites (tertiary alicyclic amines) is 1. The van der Waals surface area contributed by atoms with Gasteiger partial charge in [-0.15, -0.1) is 0 Å². The molecule has 0 amide bonds. The van der Waals surface area contributed by atoms with E-state index >= 15 is 0 Å². The molecule has 1 rings (SSSR count). The monoisotopic (exact) mass is 244 g/mol. The van der Waals surface area contributed by atoms with Gasteiger partial charge in [0.15, 0.2) is 0 Å². The highest BCUT2D eigenvalue weighted by Crippen LogP contribution is 2.09. The molecule has 0 unspecified atom stereocenters. The SMILES string of the molecule is CCNC1CCN(CCOCCCOC)CC1. The molecule has 1 N–H and O–H groups in total. The largest absolute Gasteiger partial charge is 0.385 e. The lowest BCUT2D eigenvalue weighted by Gasteiger charge is -2.32. The standard InChI is InChI=1S/C13H28N2O2/c1-3-14-13-5-7-15(8-6-13)9-12-17-11-4-10-16-2/h13-14H,3-12H2,1-2H3. The number of hydrogen-bond acceptors (Lipinski definition) is 4. The van der Waals surface area contributed by atoms with Crippen molar-refractivity contribution >= 4 is 0 Å². The van der Waals surface area contributed by atoms with Crippen molar-refractivity contribution in [2.75, 3.05) is 53.1 Å². The van der Waals surface area contributed by atoms with Crippen molar-refractivity contribution in [2.45, 2.75) is 32.2 Å². The number of methoxy groups -OCH3 is 1. The molecule has 17 heavy (non-hydrogen) atoms. The van der Waals surface area contributed by atoms with E-state index < -0.39 is 0 Å². The van der Waals surface area contributed by atoms with Gasteiger partial charge in [0.1, 0.15) is 0 Å². The van der Waals surface area contributed by atoms with Gasteiger partial charge in [0, 0.05) is 32.9 Å². The van der Waals surface area contributed by atoms with Gasteiger partial charge in [-0.05, 0) is 38.9 Å². The molecule has 1 aliphatic rings. The third-order valence-electron chi connectivity index (χ3n) is 3.27. The van der Waals surface area contributed by atoms with E-state index in [2.05, 4.69) is 17.1 Å². The van der Waals surface area contributed by atoms with E-state index in [-0.39, 0.29) is 0 Å². The second-order valence-corrected chi connectivity index (χ2v) is 4.63. The van der Waals surface area contributed by atoms with Gasteiger partial charge in [0.2, 0.25) is 0 Å². The van der Waals surface area contributed by atoms with Gasteiger partial charge in [0.05, 0.1) is 6.61 Å². The van der Waals surface area contributed by atoms with Crippen molar-refractivity contribution in [1.82, 2.24) is 10.2 Å². The number of nitrogens with one attached hydrogen (secondary N) is 1. The number of hydrogen-bond donors (Lipinski definition) is 1. The molecule has 1 saturated heterocycles. The molecule has 0 aromatic carbocycles. The summed E-state index contributed by atoms with van der Waals surface area (Å²) in [6.07, 6.45) is 3.55. The second-order valence-electron chi connectivity index (χ2n) is 4.63. The zero-order valence-electron chi connectivity index (χ0n) is 11.4. The first-order valence-corrected chi connectivity index (χ1v) is 6.89. The van der Waals surface area contributed by atoms with Crippen LogP contribution in [0.1, 0.15) is 26.2 Å². The Kier molecular flexibility index (Phi) is 8.61. The molecule has 0 aromatic heterocycles. The van der Waals surface area contributed by atoms with Crippen LogP contribution in [0.3, 0.4) is 0 Å². The van der Waals surface area contributed by atoms with E-state index in [0.717, 1.165) is 45.4 Å². The van der Waals surface area contributed by atoms with E-state index in [4.69, 9.17) is 9.47 Å². The summed E-state index contributed by atoms with van der Waals surface area (Å²) in [6, 6.07) is 0.735. The highest BCUT2D eigenvalue weighted by Gasteiger charge is 2.17. The Hall–Kier alpha value is -0.160. The van der Waals surface area contributed by atoms with E-state index in [1.165, 1.54) is 25.9 Å². The highest BCUT2D eigenvalue weighted by atomic mass is 16.5. The van der Waals surface area contributed by atoms with Gasteiger partial charge in [-0.2, -0.15) is 0 Å². The van der Waals surface area contributed by atoms with Gasteiger partial charge in [-0.1, -0.05) is 6.92 Å². The van der Waals surface area contributed by atoms with Crippen LogP contribution in [0.15, 0.2) is 0 Å². The average molecular weight is 244 g/mol. The topological polar surface area (TPSA) is 33.7 Å². The smallest absolute Gasteiger partial charge is 0.0593 e. The highest BCUT2D eigenvalue weighted by molar-refractivity contribution is 4.76. The summed E-state index contributed by atoms with van der Waals surface area (Å²) in [6.45, 7) is 9.24. The number of nitrogens with zero attached hydrogens (tertiary/aromatic N) is 1. The molecular formula is C13H28N2O2. The molecular weight excluding hydrogens is 216 g/mol. The van der Waals surface area contributed by atoms with Crippen molar-refractivity contribution < 1.29 is 9.47 Å². The molecule has 102 valence electrons. The third-order valence-corrected chi connectivity index (χ3v) is 3.27. The lowest BCUT2D eigenvalue weighted by atomic mass is 10.1. The van der Waals surface area contributed by atoms with Gasteiger partial charge in [-0.25, -0.2) is 0 Å². The summed E-state index contributed by atoms with van der Waals surface area (Å²) in [4.78, 5) is 2.50. The van der Waals surface area contributed by atoms with Gasteiger partial charge >= 0.3 is 0 Å². The first-order valence-electron chi connectivity index (χ1n) is 6.89. The quantitative estimate of drug-likeness (QED) is 0.616. The predicted molar refractivity (Wildman–Crippen MR) is 70.5 cm³/mol. The molecule has 0 aliphatic carbocycles. The molecule has 0 bridgehead atoms. The molecule has 0 saturated carbocycles. The number of ether oxygens (including phenoxy) is 2. The Labute approximate surface area is 106 Å². The van der Waals surface area contributed by atoms with E-state index in [9.17, 15) is 0 Å². The fraction of sp³-hybridized carbons (Fsp3) is 1.00. The van der Waals surface area contributed by atoms with Crippen LogP contribution < -0.4 is 5.32 Å². The molecule has 0 radical (unpaired) electrons. The minimum atomic E-state index is 0.735. The summed E-state index contributed by atoms with van der Waals surface area (Å²) in [5.74, 6) is 0. The van der Waals surface area contributed by atoms with Crippen LogP contribution in [-0.4, -0.2) is 64.1 Å². The molecule has 0 atom stereocenters. The Morgan fingerprint density at radius 2 is 1.94 bits per heavy atom. The molecule has 1 fully saturated rings. The zero-order chi connectivity index (χ0) is 12.3. The van der Waals surface area contributed by atoms with Gasteiger partial charge < -0.3 is 19.7 Å². The van der Waals surface area contributed by atoms with E-state index in [1.807, 2.05) is 0 Å². The van der Waals surface area contributed by atoms with Crippen molar-refractivity contribution in [2.24, 2.45) is 0 Å². The van der Waals surface area contributed by atoms with Crippen molar-refractivity contribution in [3.8, 4) is 0 Å². The first kappa shape index (κ1) is 14.9. The molecule has 0 aromatic rings. The molecule has 4 nitrogen and oxygen atoms in total. The summed E-state index contributed by atoms with van der Waals surface area (Å²) in [7, 11) is 1.73. The van der Waals surface area contributed by atoms with Crippen molar-refractivity contribution in [1.29, 1.82) is 0 Å². The van der Waals surface area contributed by atoms with Crippen LogP contribution >= 0.6 is 0 Å². The van der Waals surface area contributed by atoms with E-state index in [0.29, 0.717) is 0 Å². The van der Waals surface area contributed by atoms with Crippen LogP contribution in [-0.2, 0) is 9.47 Å². The first-order chi connectivity index (χ1) is 8.36. The Balaban J connectivity index is 1.91. The van der Waals surface area contributed by atoms with Crippen molar-refractivity contribution in [3.63, 3.8) is 0 Å². The summed E-state index contributed by atoms with van der Waals surface area (Å²) >= 11 is 0. The predicted octanol–water partition coefficient (Wildman–Crippen LogP) is 1.11. The fourth-order valence-electron chi connectivity index (χ4n) is 2.25. The zero-order valence-corrected chi connectivity index (χ0v) is 11.4. The third kappa shape index (κ3) is 6.99. The number of piperidine rings is 1. The number of rotatable bonds is 9. The minimum absolute atomic E-state index is 0.735. The van der Waals surface area contributed by atoms with Crippen LogP contribution in [0.4, 0.5) is 0 Å². The Morgan fingerprint density at radius 1 is 1.18 bits per heavy atom. The summed E-state index contributed by atoms with van der Waals surface area (Å²) in [5, 5.41) is 3.52. The van der Waals surface area contributed by atoms with Crippen molar-refractivity contribution in [3.05, 3.63) is 0 Å². The lowest BCUT2D eigenvalue weighted by molar-refractivity contribution is 0.0762. The average Bonchev–Trinajstić information content (AvgIpc) is 2.36. The molecule has 1 aliphatic heterocycles. The summed E-state index contributed by atoms with van der Waals surface area (Å²) in [5.41, 5.74) is 0. The molecule has 0 spiro atoms. The van der Waals surface area contributed by atoms with E-state index in [1.54, 1.807) is 7.11 Å². The van der Waals surface area contributed by atoms with Crippen LogP contribution in [0.5, 0.6) is 0 Å². The van der Waals surface area contributed by atoms with Gasteiger partial charge in [-0.3, -0.25) is 0 Å². The minimum Gasteiger partial charge on any atom is -0.385 e. The second kappa shape index (κ2) is 9.83. The molecule has 1 heterocycles. The van der Waals surface area contributed by atoms with Crippen LogP contribution in [0.25, 0.3) is 0 Å². The van der Waals surface area contributed by atoms with Gasteiger partial charge in [0.25, 0.3) is 0 Å². The lowest BCUT2D eigenvalue weighted by Crippen LogP contribution is -2.43. The molecule has 4 heteroatoms.